The first kappa shape index (κ1) is 15.1. The molecule has 4 rings (SSSR count). The third kappa shape index (κ3) is 2.84. The maximum absolute atomic E-state index is 12.6. The highest BCUT2D eigenvalue weighted by molar-refractivity contribution is 7.13. The lowest BCUT2D eigenvalue weighted by molar-refractivity contribution is 0.734. The Balaban J connectivity index is 1.69. The molecule has 2 aromatic carbocycles. The lowest BCUT2D eigenvalue weighted by atomic mass is 10.2. The van der Waals surface area contributed by atoms with Crippen molar-refractivity contribution in [3.8, 4) is 10.6 Å². The van der Waals surface area contributed by atoms with Crippen molar-refractivity contribution >= 4 is 33.8 Å². The Morgan fingerprint density at radius 1 is 1.12 bits per heavy atom. The van der Waals surface area contributed by atoms with Gasteiger partial charge in [-0.3, -0.25) is 9.36 Å². The highest BCUT2D eigenvalue weighted by atomic mass is 35.5. The lowest BCUT2D eigenvalue weighted by Crippen LogP contribution is -2.21. The molecule has 0 bridgehead atoms. The minimum Gasteiger partial charge on any atom is -0.293 e. The molecule has 0 saturated heterocycles. The zero-order valence-electron chi connectivity index (χ0n) is 12.5. The summed E-state index contributed by atoms with van der Waals surface area (Å²) < 4.78 is 1.56. The predicted octanol–water partition coefficient (Wildman–Crippen LogP) is 4.22. The lowest BCUT2D eigenvalue weighted by Gasteiger charge is -2.05. The van der Waals surface area contributed by atoms with Gasteiger partial charge in [-0.05, 0) is 18.2 Å². The highest BCUT2D eigenvalue weighted by Gasteiger charge is 2.08. The average Bonchev–Trinajstić information content (AvgIpc) is 3.07. The molecule has 6 heteroatoms. The van der Waals surface area contributed by atoms with Gasteiger partial charge >= 0.3 is 0 Å². The number of nitrogens with zero attached hydrogens (tertiary/aromatic N) is 3. The molecule has 2 aromatic heterocycles. The number of hydrogen-bond acceptors (Lipinski definition) is 4. The summed E-state index contributed by atoms with van der Waals surface area (Å²) in [5.41, 5.74) is 2.44. The van der Waals surface area contributed by atoms with Crippen LogP contribution in [0.15, 0.2) is 65.0 Å². The molecule has 4 nitrogen and oxygen atoms in total. The molecule has 0 aliphatic carbocycles. The van der Waals surface area contributed by atoms with Crippen molar-refractivity contribution < 1.29 is 0 Å². The monoisotopic (exact) mass is 353 g/mol. The summed E-state index contributed by atoms with van der Waals surface area (Å²) in [7, 11) is 0. The highest BCUT2D eigenvalue weighted by Crippen LogP contribution is 2.23. The van der Waals surface area contributed by atoms with Crippen molar-refractivity contribution in [2.75, 3.05) is 0 Å². The number of halogens is 1. The molecule has 0 atom stereocenters. The fourth-order valence-corrected chi connectivity index (χ4v) is 3.50. The van der Waals surface area contributed by atoms with Gasteiger partial charge < -0.3 is 0 Å². The van der Waals surface area contributed by atoms with Crippen molar-refractivity contribution in [2.24, 2.45) is 0 Å². The number of aromatic nitrogens is 3. The Morgan fingerprint density at radius 3 is 2.79 bits per heavy atom. The second kappa shape index (κ2) is 6.19. The van der Waals surface area contributed by atoms with Crippen LogP contribution in [0.3, 0.4) is 0 Å². The van der Waals surface area contributed by atoms with E-state index in [-0.39, 0.29) is 5.56 Å². The predicted molar refractivity (Wildman–Crippen MR) is 97.7 cm³/mol. The Morgan fingerprint density at radius 2 is 1.96 bits per heavy atom. The summed E-state index contributed by atoms with van der Waals surface area (Å²) in [6, 6.07) is 15.1. The van der Waals surface area contributed by atoms with Gasteiger partial charge in [0.25, 0.3) is 5.56 Å². The number of benzene rings is 2. The molecule has 2 heterocycles. The van der Waals surface area contributed by atoms with Crippen LogP contribution in [0, 0.1) is 0 Å². The Bertz CT molecular complexity index is 1070. The normalized spacial score (nSPS) is 11.0. The molecule has 0 unspecified atom stereocenters. The second-order valence-electron chi connectivity index (χ2n) is 5.35. The smallest absolute Gasteiger partial charge is 0.261 e. The molecule has 0 aliphatic heterocycles. The van der Waals surface area contributed by atoms with Crippen LogP contribution in [0.25, 0.3) is 21.5 Å². The first-order valence-corrected chi connectivity index (χ1v) is 8.61. The van der Waals surface area contributed by atoms with E-state index in [1.807, 2.05) is 35.7 Å². The summed E-state index contributed by atoms with van der Waals surface area (Å²) in [5, 5.41) is 3.95. The number of rotatable bonds is 3. The van der Waals surface area contributed by atoms with Crippen molar-refractivity contribution in [1.29, 1.82) is 0 Å². The molecule has 0 spiro atoms. The molecular weight excluding hydrogens is 342 g/mol. The first-order chi connectivity index (χ1) is 11.7. The maximum Gasteiger partial charge on any atom is 0.261 e. The summed E-state index contributed by atoms with van der Waals surface area (Å²) in [6.07, 6.45) is 1.56. The van der Waals surface area contributed by atoms with Gasteiger partial charge in [-0.2, -0.15) is 0 Å². The average molecular weight is 354 g/mol. The van der Waals surface area contributed by atoms with Gasteiger partial charge in [-0.1, -0.05) is 41.9 Å². The molecule has 0 N–H and O–H groups in total. The van der Waals surface area contributed by atoms with Crippen LogP contribution in [-0.4, -0.2) is 14.5 Å². The summed E-state index contributed by atoms with van der Waals surface area (Å²) in [6.45, 7) is 0.387. The van der Waals surface area contributed by atoms with Crippen LogP contribution in [0.5, 0.6) is 0 Å². The van der Waals surface area contributed by atoms with Crippen LogP contribution in [0.4, 0.5) is 0 Å². The van der Waals surface area contributed by atoms with Crippen molar-refractivity contribution in [3.05, 3.63) is 81.3 Å². The second-order valence-corrected chi connectivity index (χ2v) is 6.64. The van der Waals surface area contributed by atoms with E-state index in [0.29, 0.717) is 22.5 Å². The zero-order chi connectivity index (χ0) is 16.5. The summed E-state index contributed by atoms with van der Waals surface area (Å²) >= 11 is 7.55. The van der Waals surface area contributed by atoms with Crippen LogP contribution in [0.2, 0.25) is 5.02 Å². The van der Waals surface area contributed by atoms with E-state index < -0.39 is 0 Å². The molecule has 0 amide bonds. The van der Waals surface area contributed by atoms with E-state index in [9.17, 15) is 4.79 Å². The van der Waals surface area contributed by atoms with Gasteiger partial charge in [0.2, 0.25) is 0 Å². The van der Waals surface area contributed by atoms with E-state index in [0.717, 1.165) is 16.3 Å². The SMILES string of the molecule is O=c1c2cc(Cl)ccc2ncn1Cc1csc(-c2ccccc2)n1. The van der Waals surface area contributed by atoms with E-state index >= 15 is 0 Å². The van der Waals surface area contributed by atoms with E-state index in [4.69, 9.17) is 11.6 Å². The zero-order valence-corrected chi connectivity index (χ0v) is 14.1. The topological polar surface area (TPSA) is 47.8 Å². The van der Waals surface area contributed by atoms with Crippen LogP contribution >= 0.6 is 22.9 Å². The van der Waals surface area contributed by atoms with Gasteiger partial charge in [-0.15, -0.1) is 11.3 Å². The van der Waals surface area contributed by atoms with Crippen LogP contribution in [0.1, 0.15) is 5.69 Å². The van der Waals surface area contributed by atoms with Gasteiger partial charge in [0.15, 0.2) is 0 Å². The standard InChI is InChI=1S/C18H12ClN3OS/c19-13-6-7-16-15(8-13)18(23)22(11-20-16)9-14-10-24-17(21-14)12-4-2-1-3-5-12/h1-8,10-11H,9H2. The maximum atomic E-state index is 12.6. The minimum absolute atomic E-state index is 0.114. The van der Waals surface area contributed by atoms with Crippen LogP contribution in [-0.2, 0) is 6.54 Å². The molecule has 0 fully saturated rings. The largest absolute Gasteiger partial charge is 0.293 e. The van der Waals surface area contributed by atoms with Crippen molar-refractivity contribution in [2.45, 2.75) is 6.54 Å². The molecular formula is C18H12ClN3OS. The Labute approximate surface area is 147 Å². The Hall–Kier alpha value is -2.50. The Kier molecular flexibility index (Phi) is 3.88. The summed E-state index contributed by atoms with van der Waals surface area (Å²) in [4.78, 5) is 21.5. The third-order valence-electron chi connectivity index (χ3n) is 3.69. The molecule has 0 radical (unpaired) electrons. The van der Waals surface area contributed by atoms with Gasteiger partial charge in [0, 0.05) is 16.0 Å². The molecule has 118 valence electrons. The van der Waals surface area contributed by atoms with Crippen molar-refractivity contribution in [3.63, 3.8) is 0 Å². The van der Waals surface area contributed by atoms with E-state index in [1.165, 1.54) is 0 Å². The van der Waals surface area contributed by atoms with E-state index in [1.54, 1.807) is 40.4 Å². The fraction of sp³-hybridized carbons (Fsp3) is 0.0556. The molecule has 4 aromatic rings. The molecule has 0 aliphatic rings. The van der Waals surface area contributed by atoms with Crippen LogP contribution < -0.4 is 5.56 Å². The summed E-state index contributed by atoms with van der Waals surface area (Å²) in [5.74, 6) is 0. The number of fused-ring (bicyclic) bond motifs is 1. The van der Waals surface area contributed by atoms with E-state index in [2.05, 4.69) is 9.97 Å². The quantitative estimate of drug-likeness (QED) is 0.554. The minimum atomic E-state index is -0.114. The molecule has 24 heavy (non-hydrogen) atoms. The third-order valence-corrected chi connectivity index (χ3v) is 4.87. The molecule has 0 saturated carbocycles. The number of hydrogen-bond donors (Lipinski definition) is 0. The van der Waals surface area contributed by atoms with Gasteiger partial charge in [0.1, 0.15) is 5.01 Å². The van der Waals surface area contributed by atoms with Gasteiger partial charge in [-0.25, -0.2) is 9.97 Å². The fourth-order valence-electron chi connectivity index (χ4n) is 2.51. The number of thiazole rings is 1. The van der Waals surface area contributed by atoms with Crippen molar-refractivity contribution in [1.82, 2.24) is 14.5 Å². The van der Waals surface area contributed by atoms with Gasteiger partial charge in [0.05, 0.1) is 29.5 Å². The first-order valence-electron chi connectivity index (χ1n) is 7.35.